The number of hydrogen-bond acceptors (Lipinski definition) is 6. The molecule has 2 saturated heterocycles. The predicted molar refractivity (Wildman–Crippen MR) is 118 cm³/mol. The molecular weight excluding hydrogens is 404 g/mol. The third-order valence-corrected chi connectivity index (χ3v) is 7.82. The van der Waals surface area contributed by atoms with Crippen LogP contribution in [0.5, 0.6) is 0 Å². The van der Waals surface area contributed by atoms with E-state index in [2.05, 4.69) is 32.2 Å². The van der Waals surface area contributed by atoms with Crippen molar-refractivity contribution in [3.05, 3.63) is 18.0 Å². The Labute approximate surface area is 180 Å². The molecule has 3 rings (SSSR count). The summed E-state index contributed by atoms with van der Waals surface area (Å²) >= 11 is 0. The molecule has 9 nitrogen and oxygen atoms in total. The van der Waals surface area contributed by atoms with E-state index in [1.807, 2.05) is 0 Å². The summed E-state index contributed by atoms with van der Waals surface area (Å²) in [6, 6.07) is 2.14. The van der Waals surface area contributed by atoms with Crippen LogP contribution in [0.15, 0.2) is 21.8 Å². The number of likely N-dealkylation sites (tertiary alicyclic amines) is 1. The zero-order chi connectivity index (χ0) is 21.4. The SMILES string of the molecule is CCCCN1CCCCC1CNC(=NC)N1CCN(S(=O)(=O)Cc2ccon2)CC1. The molecule has 0 saturated carbocycles. The Balaban J connectivity index is 1.48. The van der Waals surface area contributed by atoms with Crippen LogP contribution in [-0.2, 0) is 15.8 Å². The predicted octanol–water partition coefficient (Wildman–Crippen LogP) is 1.35. The lowest BCUT2D eigenvalue weighted by Gasteiger charge is -2.38. The summed E-state index contributed by atoms with van der Waals surface area (Å²) in [7, 11) is -1.59. The van der Waals surface area contributed by atoms with E-state index in [0.717, 1.165) is 12.5 Å². The van der Waals surface area contributed by atoms with E-state index < -0.39 is 10.0 Å². The lowest BCUT2D eigenvalue weighted by atomic mass is 10.0. The van der Waals surface area contributed by atoms with Crippen LogP contribution in [0.4, 0.5) is 0 Å². The molecule has 0 radical (unpaired) electrons. The monoisotopic (exact) mass is 440 g/mol. The first-order chi connectivity index (χ1) is 14.5. The van der Waals surface area contributed by atoms with Crippen LogP contribution in [0.2, 0.25) is 0 Å². The van der Waals surface area contributed by atoms with E-state index in [1.54, 1.807) is 17.4 Å². The van der Waals surface area contributed by atoms with Crippen molar-refractivity contribution in [1.29, 1.82) is 0 Å². The molecule has 0 spiro atoms. The Kier molecular flexibility index (Phi) is 8.52. The van der Waals surface area contributed by atoms with Gasteiger partial charge in [0, 0.05) is 51.9 Å². The Morgan fingerprint density at radius 1 is 1.27 bits per heavy atom. The lowest BCUT2D eigenvalue weighted by molar-refractivity contribution is 0.146. The van der Waals surface area contributed by atoms with E-state index in [4.69, 9.17) is 4.52 Å². The zero-order valence-electron chi connectivity index (χ0n) is 18.3. The lowest BCUT2D eigenvalue weighted by Crippen LogP contribution is -2.55. The molecule has 170 valence electrons. The Morgan fingerprint density at radius 2 is 2.07 bits per heavy atom. The zero-order valence-corrected chi connectivity index (χ0v) is 19.1. The third kappa shape index (κ3) is 6.18. The van der Waals surface area contributed by atoms with E-state index in [9.17, 15) is 8.42 Å². The molecule has 0 bridgehead atoms. The van der Waals surface area contributed by atoms with E-state index in [-0.39, 0.29) is 5.75 Å². The number of aromatic nitrogens is 1. The van der Waals surface area contributed by atoms with Crippen LogP contribution in [0, 0.1) is 0 Å². The number of nitrogens with one attached hydrogen (secondary N) is 1. The van der Waals surface area contributed by atoms with Crippen molar-refractivity contribution >= 4 is 16.0 Å². The second-order valence-electron chi connectivity index (χ2n) is 8.10. The summed E-state index contributed by atoms with van der Waals surface area (Å²) in [5, 5.41) is 7.27. The van der Waals surface area contributed by atoms with Crippen molar-refractivity contribution in [2.75, 3.05) is 52.9 Å². The molecule has 0 aromatic carbocycles. The average molecular weight is 441 g/mol. The van der Waals surface area contributed by atoms with Crippen molar-refractivity contribution in [2.45, 2.75) is 50.8 Å². The molecule has 10 heteroatoms. The highest BCUT2D eigenvalue weighted by atomic mass is 32.2. The number of piperidine rings is 1. The molecule has 2 aliphatic rings. The molecule has 1 aromatic heterocycles. The minimum Gasteiger partial charge on any atom is -0.364 e. The topological polar surface area (TPSA) is 94.3 Å². The third-order valence-electron chi connectivity index (χ3n) is 6.01. The molecular formula is C20H36N6O3S. The first-order valence-electron chi connectivity index (χ1n) is 11.1. The molecule has 1 atom stereocenters. The number of aliphatic imine (C=N–C) groups is 1. The molecule has 1 unspecified atom stereocenters. The Hall–Kier alpha value is -1.65. The Morgan fingerprint density at radius 3 is 2.73 bits per heavy atom. The van der Waals surface area contributed by atoms with Crippen LogP contribution >= 0.6 is 0 Å². The van der Waals surface area contributed by atoms with Gasteiger partial charge in [-0.1, -0.05) is 24.9 Å². The number of nitrogens with zero attached hydrogens (tertiary/aromatic N) is 5. The van der Waals surface area contributed by atoms with Crippen LogP contribution in [0.3, 0.4) is 0 Å². The number of guanidine groups is 1. The summed E-state index contributed by atoms with van der Waals surface area (Å²) < 4.78 is 31.5. The summed E-state index contributed by atoms with van der Waals surface area (Å²) in [5.74, 6) is 0.746. The summed E-state index contributed by atoms with van der Waals surface area (Å²) in [5.41, 5.74) is 0.440. The molecule has 1 N–H and O–H groups in total. The van der Waals surface area contributed by atoms with Gasteiger partial charge in [0.2, 0.25) is 10.0 Å². The van der Waals surface area contributed by atoms with E-state index in [1.165, 1.54) is 51.5 Å². The highest BCUT2D eigenvalue weighted by Gasteiger charge is 2.29. The number of unbranched alkanes of at least 4 members (excludes halogenated alkanes) is 1. The van der Waals surface area contributed by atoms with Crippen molar-refractivity contribution in [3.63, 3.8) is 0 Å². The first-order valence-corrected chi connectivity index (χ1v) is 12.7. The van der Waals surface area contributed by atoms with Crippen molar-refractivity contribution < 1.29 is 12.9 Å². The van der Waals surface area contributed by atoms with Gasteiger partial charge < -0.3 is 14.7 Å². The van der Waals surface area contributed by atoms with Gasteiger partial charge >= 0.3 is 0 Å². The number of sulfonamides is 1. The molecule has 0 aliphatic carbocycles. The maximum Gasteiger partial charge on any atom is 0.220 e. The fourth-order valence-electron chi connectivity index (χ4n) is 4.26. The number of piperazine rings is 1. The number of hydrogen-bond donors (Lipinski definition) is 1. The second-order valence-corrected chi connectivity index (χ2v) is 10.1. The molecule has 2 aliphatic heterocycles. The highest BCUT2D eigenvalue weighted by Crippen LogP contribution is 2.17. The van der Waals surface area contributed by atoms with Crippen molar-refractivity contribution in [2.24, 2.45) is 4.99 Å². The normalized spacial score (nSPS) is 22.4. The summed E-state index contributed by atoms with van der Waals surface area (Å²) in [4.78, 5) is 9.22. The minimum atomic E-state index is -3.39. The fraction of sp³-hybridized carbons (Fsp3) is 0.800. The second kappa shape index (κ2) is 11.1. The minimum absolute atomic E-state index is 0.119. The van der Waals surface area contributed by atoms with Crippen LogP contribution in [0.1, 0.15) is 44.7 Å². The fourth-order valence-corrected chi connectivity index (χ4v) is 5.68. The molecule has 3 heterocycles. The maximum atomic E-state index is 12.6. The summed E-state index contributed by atoms with van der Waals surface area (Å²) in [6.07, 6.45) is 7.67. The van der Waals surface area contributed by atoms with Gasteiger partial charge in [0.15, 0.2) is 5.96 Å². The van der Waals surface area contributed by atoms with Crippen LogP contribution < -0.4 is 5.32 Å². The smallest absolute Gasteiger partial charge is 0.220 e. The maximum absolute atomic E-state index is 12.6. The van der Waals surface area contributed by atoms with E-state index >= 15 is 0 Å². The standard InChI is InChI=1S/C20H36N6O3S/c1-3-4-9-24-10-6-5-7-19(24)16-22-20(21-2)25-11-13-26(14-12-25)30(27,28)17-18-8-15-29-23-18/h8,15,19H,3-7,9-14,16-17H2,1-2H3,(H,21,22). The summed E-state index contributed by atoms with van der Waals surface area (Å²) in [6.45, 7) is 7.64. The Bertz CT molecular complexity index is 760. The quantitative estimate of drug-likeness (QED) is 0.482. The highest BCUT2D eigenvalue weighted by molar-refractivity contribution is 7.88. The van der Waals surface area contributed by atoms with E-state index in [0.29, 0.717) is 37.9 Å². The van der Waals surface area contributed by atoms with Gasteiger partial charge in [0.25, 0.3) is 0 Å². The molecule has 30 heavy (non-hydrogen) atoms. The average Bonchev–Trinajstić information content (AvgIpc) is 3.26. The number of rotatable bonds is 8. The van der Waals surface area contributed by atoms with Crippen LogP contribution in [0.25, 0.3) is 0 Å². The molecule has 2 fully saturated rings. The van der Waals surface area contributed by atoms with Gasteiger partial charge in [-0.05, 0) is 32.4 Å². The first kappa shape index (κ1) is 23.0. The van der Waals surface area contributed by atoms with Gasteiger partial charge in [0.05, 0.1) is 5.69 Å². The largest absolute Gasteiger partial charge is 0.364 e. The van der Waals surface area contributed by atoms with Gasteiger partial charge in [-0.15, -0.1) is 0 Å². The van der Waals surface area contributed by atoms with Gasteiger partial charge in [-0.2, -0.15) is 4.31 Å². The molecule has 1 aromatic rings. The molecule has 0 amide bonds. The van der Waals surface area contributed by atoms with Gasteiger partial charge in [0.1, 0.15) is 12.0 Å². The van der Waals surface area contributed by atoms with Gasteiger partial charge in [-0.3, -0.25) is 9.89 Å². The van der Waals surface area contributed by atoms with Gasteiger partial charge in [-0.25, -0.2) is 8.42 Å². The van der Waals surface area contributed by atoms with Crippen molar-refractivity contribution in [3.8, 4) is 0 Å². The van der Waals surface area contributed by atoms with Crippen LogP contribution in [-0.4, -0.2) is 92.5 Å². The van der Waals surface area contributed by atoms with Crippen molar-refractivity contribution in [1.82, 2.24) is 24.6 Å².